The molecule has 0 saturated carbocycles. The van der Waals surface area contributed by atoms with Crippen LogP contribution in [-0.4, -0.2) is 29.8 Å². The van der Waals surface area contributed by atoms with Crippen molar-refractivity contribution in [3.8, 4) is 0 Å². The summed E-state index contributed by atoms with van der Waals surface area (Å²) >= 11 is 0. The van der Waals surface area contributed by atoms with Gasteiger partial charge in [-0.05, 0) is 6.92 Å². The summed E-state index contributed by atoms with van der Waals surface area (Å²) in [6.45, 7) is 2.20. The van der Waals surface area contributed by atoms with E-state index in [9.17, 15) is 4.79 Å². The minimum absolute atomic E-state index is 0.0247. The average Bonchev–Trinajstić information content (AvgIpc) is 2.27. The smallest absolute Gasteiger partial charge is 0.168 e. The summed E-state index contributed by atoms with van der Waals surface area (Å²) in [6.07, 6.45) is 0.323. The number of aliphatic hydroxyl groups excluding tert-OH is 1. The van der Waals surface area contributed by atoms with Crippen LogP contribution in [0.5, 0.6) is 0 Å². The first-order valence-corrected chi connectivity index (χ1v) is 4.93. The van der Waals surface area contributed by atoms with Crippen LogP contribution in [-0.2, 0) is 0 Å². The summed E-state index contributed by atoms with van der Waals surface area (Å²) in [6, 6.07) is 9.15. The fraction of sp³-hybridized carbons (Fsp3) is 0.333. The van der Waals surface area contributed by atoms with E-state index in [2.05, 4.69) is 4.99 Å². The lowest BCUT2D eigenvalue weighted by atomic mass is 10.1. The minimum Gasteiger partial charge on any atom is -0.394 e. The van der Waals surface area contributed by atoms with Gasteiger partial charge < -0.3 is 5.11 Å². The van der Waals surface area contributed by atoms with E-state index in [0.29, 0.717) is 18.5 Å². The molecule has 3 nitrogen and oxygen atoms in total. The Morgan fingerprint density at radius 1 is 1.33 bits per heavy atom. The molecule has 3 heteroatoms. The van der Waals surface area contributed by atoms with Crippen LogP contribution in [0.4, 0.5) is 0 Å². The number of nitrogens with zero attached hydrogens (tertiary/aromatic N) is 1. The van der Waals surface area contributed by atoms with Crippen molar-refractivity contribution < 1.29 is 9.90 Å². The van der Waals surface area contributed by atoms with Gasteiger partial charge in [0.15, 0.2) is 5.78 Å². The zero-order valence-electron chi connectivity index (χ0n) is 8.81. The van der Waals surface area contributed by atoms with Crippen molar-refractivity contribution in [1.82, 2.24) is 0 Å². The molecule has 1 N–H and O–H groups in total. The van der Waals surface area contributed by atoms with Crippen molar-refractivity contribution in [3.05, 3.63) is 35.9 Å². The highest BCUT2D eigenvalue weighted by atomic mass is 16.3. The number of rotatable bonds is 5. The van der Waals surface area contributed by atoms with Crippen molar-refractivity contribution >= 4 is 11.5 Å². The second-order valence-corrected chi connectivity index (χ2v) is 3.31. The second kappa shape index (κ2) is 6.09. The lowest BCUT2D eigenvalue weighted by molar-refractivity contribution is 0.100. The average molecular weight is 205 g/mol. The summed E-state index contributed by atoms with van der Waals surface area (Å²) in [4.78, 5) is 15.7. The maximum atomic E-state index is 11.7. The van der Waals surface area contributed by atoms with Gasteiger partial charge in [0.25, 0.3) is 0 Å². The summed E-state index contributed by atoms with van der Waals surface area (Å²) in [5, 5.41) is 8.57. The van der Waals surface area contributed by atoms with Crippen LogP contribution in [0.15, 0.2) is 35.3 Å². The van der Waals surface area contributed by atoms with Crippen LogP contribution in [0, 0.1) is 0 Å². The van der Waals surface area contributed by atoms with Gasteiger partial charge in [0.05, 0.1) is 13.2 Å². The van der Waals surface area contributed by atoms with E-state index in [0.717, 1.165) is 5.71 Å². The monoisotopic (exact) mass is 205 g/mol. The molecule has 0 aliphatic rings. The van der Waals surface area contributed by atoms with Gasteiger partial charge in [0.2, 0.25) is 0 Å². The van der Waals surface area contributed by atoms with Crippen LogP contribution in [0.2, 0.25) is 0 Å². The third-order valence-electron chi connectivity index (χ3n) is 1.99. The summed E-state index contributed by atoms with van der Waals surface area (Å²) < 4.78 is 0. The molecule has 1 rings (SSSR count). The second-order valence-electron chi connectivity index (χ2n) is 3.31. The molecule has 15 heavy (non-hydrogen) atoms. The number of aliphatic hydroxyl groups is 1. The molecule has 1 aromatic rings. The summed E-state index contributed by atoms with van der Waals surface area (Å²) in [7, 11) is 0. The normalized spacial score (nSPS) is 11.5. The highest BCUT2D eigenvalue weighted by Crippen LogP contribution is 2.03. The largest absolute Gasteiger partial charge is 0.394 e. The molecule has 80 valence electrons. The van der Waals surface area contributed by atoms with Gasteiger partial charge in [-0.15, -0.1) is 0 Å². The third-order valence-corrected chi connectivity index (χ3v) is 1.99. The van der Waals surface area contributed by atoms with E-state index in [1.54, 1.807) is 19.1 Å². The molecule has 0 saturated heterocycles. The van der Waals surface area contributed by atoms with E-state index in [1.165, 1.54) is 0 Å². The SMILES string of the molecule is CC(CC(=O)c1ccccc1)=NCCO. The Kier molecular flexibility index (Phi) is 4.71. The van der Waals surface area contributed by atoms with Crippen LogP contribution in [0.1, 0.15) is 23.7 Å². The lowest BCUT2D eigenvalue weighted by Gasteiger charge is -2.00. The number of Topliss-reactive ketones (excluding diaryl/α,β-unsaturated/α-hetero) is 1. The first kappa shape index (κ1) is 11.6. The molecule has 0 fully saturated rings. The molecule has 0 bridgehead atoms. The van der Waals surface area contributed by atoms with Gasteiger partial charge in [-0.2, -0.15) is 0 Å². The van der Waals surface area contributed by atoms with Crippen molar-refractivity contribution in [2.45, 2.75) is 13.3 Å². The minimum atomic E-state index is 0.0247. The zero-order valence-corrected chi connectivity index (χ0v) is 8.81. The van der Waals surface area contributed by atoms with E-state index in [-0.39, 0.29) is 12.4 Å². The van der Waals surface area contributed by atoms with Gasteiger partial charge in [0.1, 0.15) is 0 Å². The Balaban J connectivity index is 2.57. The van der Waals surface area contributed by atoms with E-state index >= 15 is 0 Å². The Morgan fingerprint density at radius 3 is 2.60 bits per heavy atom. The highest BCUT2D eigenvalue weighted by Gasteiger charge is 2.05. The number of hydrogen-bond donors (Lipinski definition) is 1. The van der Waals surface area contributed by atoms with Crippen LogP contribution < -0.4 is 0 Å². The quantitative estimate of drug-likeness (QED) is 0.587. The molecule has 0 atom stereocenters. The summed E-state index contributed by atoms with van der Waals surface area (Å²) in [5.74, 6) is 0.0646. The van der Waals surface area contributed by atoms with Crippen LogP contribution >= 0.6 is 0 Å². The Hall–Kier alpha value is -1.48. The summed E-state index contributed by atoms with van der Waals surface area (Å²) in [5.41, 5.74) is 1.47. The van der Waals surface area contributed by atoms with E-state index in [1.807, 2.05) is 18.2 Å². The van der Waals surface area contributed by atoms with Gasteiger partial charge in [0, 0.05) is 17.7 Å². The van der Waals surface area contributed by atoms with Gasteiger partial charge in [-0.25, -0.2) is 0 Å². The Bertz CT molecular complexity index is 344. The number of carbonyl (C=O) groups excluding carboxylic acids is 1. The maximum absolute atomic E-state index is 11.7. The lowest BCUT2D eigenvalue weighted by Crippen LogP contribution is -2.06. The van der Waals surface area contributed by atoms with Crippen molar-refractivity contribution in [2.75, 3.05) is 13.2 Å². The molecule has 0 aromatic heterocycles. The van der Waals surface area contributed by atoms with Crippen molar-refractivity contribution in [2.24, 2.45) is 4.99 Å². The molecule has 0 aliphatic heterocycles. The van der Waals surface area contributed by atoms with E-state index in [4.69, 9.17) is 5.11 Å². The predicted molar refractivity (Wildman–Crippen MR) is 60.5 cm³/mol. The molecule has 0 radical (unpaired) electrons. The van der Waals surface area contributed by atoms with Gasteiger partial charge in [-0.3, -0.25) is 9.79 Å². The fourth-order valence-corrected chi connectivity index (χ4v) is 1.26. The first-order valence-electron chi connectivity index (χ1n) is 4.93. The Labute approximate surface area is 89.5 Å². The molecule has 1 aromatic carbocycles. The first-order chi connectivity index (χ1) is 7.24. The predicted octanol–water partition coefficient (Wildman–Crippen LogP) is 1.71. The number of hydrogen-bond acceptors (Lipinski definition) is 3. The third kappa shape index (κ3) is 4.04. The molecule has 0 amide bonds. The molecular weight excluding hydrogens is 190 g/mol. The Morgan fingerprint density at radius 2 is 2.00 bits per heavy atom. The molecule has 0 aliphatic carbocycles. The molecule has 0 heterocycles. The molecular formula is C12H15NO2. The maximum Gasteiger partial charge on any atom is 0.168 e. The van der Waals surface area contributed by atoms with Gasteiger partial charge >= 0.3 is 0 Å². The van der Waals surface area contributed by atoms with Gasteiger partial charge in [-0.1, -0.05) is 30.3 Å². The molecule has 0 spiro atoms. The molecule has 0 unspecified atom stereocenters. The topological polar surface area (TPSA) is 49.7 Å². The van der Waals surface area contributed by atoms with Crippen molar-refractivity contribution in [1.29, 1.82) is 0 Å². The number of carbonyl (C=O) groups is 1. The number of ketones is 1. The number of aliphatic imine (C=N–C) groups is 1. The zero-order chi connectivity index (χ0) is 11.1. The standard InChI is InChI=1S/C12H15NO2/c1-10(13-7-8-14)9-12(15)11-5-3-2-4-6-11/h2-6,14H,7-9H2,1H3. The number of benzene rings is 1. The van der Waals surface area contributed by atoms with E-state index < -0.39 is 0 Å². The fourth-order valence-electron chi connectivity index (χ4n) is 1.26. The highest BCUT2D eigenvalue weighted by molar-refractivity contribution is 6.08. The van der Waals surface area contributed by atoms with Crippen LogP contribution in [0.25, 0.3) is 0 Å². The van der Waals surface area contributed by atoms with Crippen molar-refractivity contribution in [3.63, 3.8) is 0 Å². The van der Waals surface area contributed by atoms with Crippen LogP contribution in [0.3, 0.4) is 0 Å².